The first-order valence-electron chi connectivity index (χ1n) is 12.2. The highest BCUT2D eigenvalue weighted by Crippen LogP contribution is 2.36. The molecule has 6 nitrogen and oxygen atoms in total. The molecule has 0 heterocycles. The first kappa shape index (κ1) is 25.8. The van der Waals surface area contributed by atoms with E-state index in [1.807, 2.05) is 66.7 Å². The number of alkyl halides is 1. The smallest absolute Gasteiger partial charge is 0.247 e. The molecule has 1 fully saturated rings. The maximum Gasteiger partial charge on any atom is 0.247 e. The normalized spacial score (nSPS) is 13.6. The Kier molecular flexibility index (Phi) is 9.01. The number of rotatable bonds is 12. The summed E-state index contributed by atoms with van der Waals surface area (Å²) in [5.41, 5.74) is 2.73. The largest absolute Gasteiger partial charge is 0.508 e. The van der Waals surface area contributed by atoms with E-state index in [0.29, 0.717) is 19.6 Å². The van der Waals surface area contributed by atoms with E-state index in [2.05, 4.69) is 21.2 Å². The van der Waals surface area contributed by atoms with Crippen molar-refractivity contribution in [3.63, 3.8) is 0 Å². The van der Waals surface area contributed by atoms with Gasteiger partial charge in [0.1, 0.15) is 17.5 Å². The Balaban J connectivity index is 1.55. The minimum absolute atomic E-state index is 0.0501. The van der Waals surface area contributed by atoms with E-state index < -0.39 is 6.04 Å². The molecule has 0 bridgehead atoms. The van der Waals surface area contributed by atoms with Gasteiger partial charge < -0.3 is 20.1 Å². The van der Waals surface area contributed by atoms with Crippen LogP contribution in [0, 0.1) is 0 Å². The van der Waals surface area contributed by atoms with E-state index in [-0.39, 0.29) is 30.0 Å². The topological polar surface area (TPSA) is 78.9 Å². The Hall–Kier alpha value is -3.32. The molecule has 1 aliphatic rings. The number of phenolic OH excluding ortho intramolecular Hbond substituents is 1. The van der Waals surface area contributed by atoms with E-state index in [1.54, 1.807) is 17.0 Å². The number of carbonyl (C=O) groups is 2. The molecule has 1 atom stereocenters. The molecule has 0 spiro atoms. The number of aromatic hydroxyl groups is 1. The van der Waals surface area contributed by atoms with Crippen molar-refractivity contribution in [1.82, 2.24) is 10.2 Å². The molecule has 1 unspecified atom stereocenters. The number of halogens is 1. The number of benzene rings is 3. The number of hydrogen-bond acceptors (Lipinski definition) is 4. The Morgan fingerprint density at radius 1 is 0.972 bits per heavy atom. The van der Waals surface area contributed by atoms with Crippen LogP contribution in [-0.4, -0.2) is 39.8 Å². The molecule has 0 radical (unpaired) electrons. The van der Waals surface area contributed by atoms with E-state index >= 15 is 0 Å². The van der Waals surface area contributed by atoms with E-state index in [9.17, 15) is 14.7 Å². The highest BCUT2D eigenvalue weighted by atomic mass is 79.9. The first-order chi connectivity index (χ1) is 17.5. The average Bonchev–Trinajstić information content (AvgIpc) is 3.75. The molecule has 1 saturated carbocycles. The second-order valence-corrected chi connectivity index (χ2v) is 9.70. The number of ether oxygens (including phenoxy) is 1. The van der Waals surface area contributed by atoms with Crippen LogP contribution in [0.1, 0.15) is 42.0 Å². The summed E-state index contributed by atoms with van der Waals surface area (Å²) in [6.07, 6.45) is 2.61. The van der Waals surface area contributed by atoms with Crippen LogP contribution in [0.2, 0.25) is 0 Å². The van der Waals surface area contributed by atoms with Crippen LogP contribution in [0.25, 0.3) is 0 Å². The van der Waals surface area contributed by atoms with Crippen LogP contribution in [0.4, 0.5) is 0 Å². The maximum absolute atomic E-state index is 13.6. The summed E-state index contributed by atoms with van der Waals surface area (Å²) in [4.78, 5) is 28.9. The van der Waals surface area contributed by atoms with E-state index in [4.69, 9.17) is 4.74 Å². The lowest BCUT2D eigenvalue weighted by Gasteiger charge is -2.32. The Morgan fingerprint density at radius 3 is 2.31 bits per heavy atom. The summed E-state index contributed by atoms with van der Waals surface area (Å²) in [6, 6.07) is 23.4. The Labute approximate surface area is 220 Å². The second-order valence-electron chi connectivity index (χ2n) is 8.91. The molecule has 7 heteroatoms. The van der Waals surface area contributed by atoms with Crippen LogP contribution in [-0.2, 0) is 22.6 Å². The molecule has 36 heavy (non-hydrogen) atoms. The number of phenols is 1. The van der Waals surface area contributed by atoms with E-state index in [0.717, 1.165) is 40.6 Å². The molecular weight excluding hydrogens is 520 g/mol. The van der Waals surface area contributed by atoms with Gasteiger partial charge in [0.05, 0.1) is 6.61 Å². The molecule has 3 aromatic carbocycles. The van der Waals surface area contributed by atoms with Gasteiger partial charge >= 0.3 is 0 Å². The second kappa shape index (κ2) is 12.6. The quantitative estimate of drug-likeness (QED) is 0.306. The predicted octanol–water partition coefficient (Wildman–Crippen LogP) is 5.15. The standard InChI is InChI=1S/C29H31BrN2O4/c30-18-19-36-26-15-9-23(10-16-26)28(29(35)31-20-22-4-2-1-3-5-22)32(24-11-12-24)27(34)17-8-21-6-13-25(33)14-7-21/h1-7,9-10,13-16,24,28,33H,8,11-12,17-20H2,(H,31,35). The monoisotopic (exact) mass is 550 g/mol. The third kappa shape index (κ3) is 7.10. The van der Waals surface area contributed by atoms with Gasteiger partial charge in [-0.05, 0) is 60.2 Å². The van der Waals surface area contributed by atoms with Gasteiger partial charge in [-0.1, -0.05) is 70.5 Å². The Bertz CT molecular complexity index is 1130. The van der Waals surface area contributed by atoms with Gasteiger partial charge in [0.15, 0.2) is 0 Å². The minimum Gasteiger partial charge on any atom is -0.508 e. The molecule has 188 valence electrons. The lowest BCUT2D eigenvalue weighted by atomic mass is 10.0. The van der Waals surface area contributed by atoms with Crippen molar-refractivity contribution >= 4 is 27.7 Å². The van der Waals surface area contributed by atoms with Crippen LogP contribution in [0.5, 0.6) is 11.5 Å². The van der Waals surface area contributed by atoms with Crippen molar-refractivity contribution in [1.29, 1.82) is 0 Å². The van der Waals surface area contributed by atoms with Gasteiger partial charge in [0.2, 0.25) is 11.8 Å². The number of carbonyl (C=O) groups excluding carboxylic acids is 2. The van der Waals surface area contributed by atoms with Crippen molar-refractivity contribution in [3.05, 3.63) is 95.6 Å². The van der Waals surface area contributed by atoms with Crippen LogP contribution in [0.15, 0.2) is 78.9 Å². The molecule has 0 aromatic heterocycles. The number of aryl methyl sites for hydroxylation is 1. The zero-order chi connectivity index (χ0) is 25.3. The van der Waals surface area contributed by atoms with Gasteiger partial charge in [-0.25, -0.2) is 0 Å². The van der Waals surface area contributed by atoms with Crippen LogP contribution in [0.3, 0.4) is 0 Å². The molecule has 3 aromatic rings. The molecule has 0 saturated heterocycles. The zero-order valence-electron chi connectivity index (χ0n) is 20.1. The molecule has 0 aliphatic heterocycles. The first-order valence-corrected chi connectivity index (χ1v) is 13.4. The summed E-state index contributed by atoms with van der Waals surface area (Å²) in [5.74, 6) is 0.671. The lowest BCUT2D eigenvalue weighted by Crippen LogP contribution is -2.45. The third-order valence-corrected chi connectivity index (χ3v) is 6.49. The molecule has 1 aliphatic carbocycles. The number of nitrogens with one attached hydrogen (secondary N) is 1. The van der Waals surface area contributed by atoms with Crippen molar-refractivity contribution in [2.75, 3.05) is 11.9 Å². The fourth-order valence-electron chi connectivity index (χ4n) is 4.18. The minimum atomic E-state index is -0.723. The van der Waals surface area contributed by atoms with Crippen molar-refractivity contribution < 1.29 is 19.4 Å². The highest BCUT2D eigenvalue weighted by Gasteiger charge is 2.41. The summed E-state index contributed by atoms with van der Waals surface area (Å²) in [6.45, 7) is 0.938. The zero-order valence-corrected chi connectivity index (χ0v) is 21.7. The fourth-order valence-corrected chi connectivity index (χ4v) is 4.34. The number of hydrogen-bond donors (Lipinski definition) is 2. The van der Waals surface area contributed by atoms with Crippen molar-refractivity contribution in [2.45, 2.75) is 44.3 Å². The molecule has 2 N–H and O–H groups in total. The summed E-state index contributed by atoms with van der Waals surface area (Å²) in [5, 5.41) is 13.3. The molecular formula is C29H31BrN2O4. The van der Waals surface area contributed by atoms with Gasteiger partial charge in [-0.3, -0.25) is 9.59 Å². The SMILES string of the molecule is O=C(NCc1ccccc1)C(c1ccc(OCCBr)cc1)N(C(=O)CCc1ccc(O)cc1)C1CC1. The van der Waals surface area contributed by atoms with Gasteiger partial charge in [0.25, 0.3) is 0 Å². The predicted molar refractivity (Wildman–Crippen MR) is 143 cm³/mol. The summed E-state index contributed by atoms with van der Waals surface area (Å²) < 4.78 is 5.67. The number of nitrogens with zero attached hydrogens (tertiary/aromatic N) is 1. The van der Waals surface area contributed by atoms with Crippen molar-refractivity contribution in [2.24, 2.45) is 0 Å². The van der Waals surface area contributed by atoms with Gasteiger partial charge in [-0.2, -0.15) is 0 Å². The van der Waals surface area contributed by atoms with E-state index in [1.165, 1.54) is 0 Å². The van der Waals surface area contributed by atoms with Crippen LogP contribution < -0.4 is 10.1 Å². The summed E-state index contributed by atoms with van der Waals surface area (Å²) >= 11 is 3.36. The van der Waals surface area contributed by atoms with Crippen LogP contribution >= 0.6 is 15.9 Å². The molecule has 4 rings (SSSR count). The number of amides is 2. The van der Waals surface area contributed by atoms with Gasteiger partial charge in [-0.15, -0.1) is 0 Å². The third-order valence-electron chi connectivity index (χ3n) is 6.17. The van der Waals surface area contributed by atoms with Crippen molar-refractivity contribution in [3.8, 4) is 11.5 Å². The maximum atomic E-state index is 13.6. The summed E-state index contributed by atoms with van der Waals surface area (Å²) in [7, 11) is 0. The lowest BCUT2D eigenvalue weighted by molar-refractivity contribution is -0.141. The molecule has 2 amide bonds. The average molecular weight is 551 g/mol. The Morgan fingerprint density at radius 2 is 1.67 bits per heavy atom. The fraction of sp³-hybridized carbons (Fsp3) is 0.310. The highest BCUT2D eigenvalue weighted by molar-refractivity contribution is 9.09. The van der Waals surface area contributed by atoms with Gasteiger partial charge in [0, 0.05) is 24.3 Å².